The second-order valence-corrected chi connectivity index (χ2v) is 9.33. The summed E-state index contributed by atoms with van der Waals surface area (Å²) in [5.74, 6) is 0.780. The number of unbranched alkanes of at least 4 members (excludes halogenated alkanes) is 2. The Morgan fingerprint density at radius 3 is 2.50 bits per heavy atom. The number of amides is 1. The molecule has 2 aliphatic rings. The van der Waals surface area contributed by atoms with Crippen LogP contribution in [0.1, 0.15) is 69.6 Å². The average molecular weight is 436 g/mol. The third kappa shape index (κ3) is 5.00. The van der Waals surface area contributed by atoms with Gasteiger partial charge in [0, 0.05) is 30.7 Å². The zero-order valence-electron chi connectivity index (χ0n) is 19.5. The topological polar surface area (TPSA) is 58.8 Å². The molecule has 0 aliphatic carbocycles. The van der Waals surface area contributed by atoms with Crippen LogP contribution in [-0.4, -0.2) is 36.0 Å². The minimum Gasteiger partial charge on any atom is -0.474 e. The number of fused-ring (bicyclic) bond motifs is 1. The number of carbonyl (C=O) groups is 1. The van der Waals surface area contributed by atoms with Gasteiger partial charge in [-0.3, -0.25) is 9.69 Å². The molecule has 0 radical (unpaired) electrons. The molecule has 2 heterocycles. The normalized spacial score (nSPS) is 23.7. The fourth-order valence-electron chi connectivity index (χ4n) is 5.20. The van der Waals surface area contributed by atoms with Crippen molar-refractivity contribution in [2.45, 2.75) is 77.1 Å². The monoisotopic (exact) mass is 435 g/mol. The average Bonchev–Trinajstić information content (AvgIpc) is 2.81. The molecule has 0 aromatic heterocycles. The lowest BCUT2D eigenvalue weighted by Crippen LogP contribution is -2.44. The number of para-hydroxylation sites is 2. The number of benzene rings is 2. The third-order valence-electron chi connectivity index (χ3n) is 7.05. The van der Waals surface area contributed by atoms with Crippen LogP contribution < -0.4 is 15.4 Å². The molecule has 0 spiro atoms. The van der Waals surface area contributed by atoms with Gasteiger partial charge in [0.05, 0.1) is 5.69 Å². The minimum atomic E-state index is -0.619. The molecule has 1 fully saturated rings. The molecule has 172 valence electrons. The van der Waals surface area contributed by atoms with Crippen molar-refractivity contribution in [3.8, 4) is 5.75 Å². The number of carbonyl (C=O) groups excluding carboxylic acids is 1. The highest BCUT2D eigenvalue weighted by Gasteiger charge is 2.35. The van der Waals surface area contributed by atoms with Crippen LogP contribution in [-0.2, 0) is 11.3 Å². The fourth-order valence-corrected chi connectivity index (χ4v) is 5.20. The maximum Gasteiger partial charge on any atom is 0.272 e. The van der Waals surface area contributed by atoms with E-state index in [1.54, 1.807) is 0 Å². The van der Waals surface area contributed by atoms with E-state index in [9.17, 15) is 4.79 Å². The minimum absolute atomic E-state index is 0.0103. The fraction of sp³-hybridized carbons (Fsp3) is 0.519. The van der Waals surface area contributed by atoms with Crippen molar-refractivity contribution < 1.29 is 9.53 Å². The first-order chi connectivity index (χ1) is 15.6. The highest BCUT2D eigenvalue weighted by atomic mass is 16.5. The molecule has 2 aliphatic heterocycles. The zero-order valence-corrected chi connectivity index (χ0v) is 19.5. The number of hydrogen-bond donors (Lipinski definition) is 1. The van der Waals surface area contributed by atoms with Crippen molar-refractivity contribution in [1.29, 1.82) is 0 Å². The predicted molar refractivity (Wildman–Crippen MR) is 130 cm³/mol. The summed E-state index contributed by atoms with van der Waals surface area (Å²) >= 11 is 0. The van der Waals surface area contributed by atoms with Crippen molar-refractivity contribution in [2.24, 2.45) is 5.73 Å². The van der Waals surface area contributed by atoms with Crippen molar-refractivity contribution in [3.05, 3.63) is 59.7 Å². The number of piperidine rings is 1. The number of nitrogens with two attached hydrogens (primary N) is 1. The molecule has 1 amide bonds. The van der Waals surface area contributed by atoms with Crippen LogP contribution in [0.4, 0.5) is 5.69 Å². The van der Waals surface area contributed by atoms with E-state index in [4.69, 9.17) is 10.5 Å². The van der Waals surface area contributed by atoms with E-state index in [1.165, 1.54) is 25.7 Å². The number of nitrogens with zero attached hydrogens (tertiary/aromatic N) is 2. The number of hydrogen-bond acceptors (Lipinski definition) is 4. The lowest BCUT2D eigenvalue weighted by molar-refractivity contribution is -0.126. The smallest absolute Gasteiger partial charge is 0.272 e. The summed E-state index contributed by atoms with van der Waals surface area (Å²) in [5, 5.41) is 0. The van der Waals surface area contributed by atoms with Crippen LogP contribution in [0.5, 0.6) is 5.75 Å². The van der Waals surface area contributed by atoms with Crippen molar-refractivity contribution >= 4 is 11.6 Å². The largest absolute Gasteiger partial charge is 0.474 e. The van der Waals surface area contributed by atoms with E-state index in [1.807, 2.05) is 53.4 Å². The Morgan fingerprint density at radius 1 is 0.969 bits per heavy atom. The molecule has 2 aromatic rings. The van der Waals surface area contributed by atoms with Crippen LogP contribution in [0.25, 0.3) is 0 Å². The van der Waals surface area contributed by atoms with Gasteiger partial charge in [0.2, 0.25) is 6.10 Å². The van der Waals surface area contributed by atoms with Gasteiger partial charge in [-0.05, 0) is 63.8 Å². The molecule has 2 aromatic carbocycles. The molecule has 1 saturated heterocycles. The molecule has 32 heavy (non-hydrogen) atoms. The molecule has 4 rings (SSSR count). The number of anilines is 1. The number of likely N-dealkylation sites (tertiary alicyclic amines) is 1. The summed E-state index contributed by atoms with van der Waals surface area (Å²) in [6, 6.07) is 17.1. The first kappa shape index (κ1) is 22.8. The lowest BCUT2D eigenvalue weighted by atomic mass is 9.97. The summed E-state index contributed by atoms with van der Waals surface area (Å²) in [4.78, 5) is 18.0. The summed E-state index contributed by atoms with van der Waals surface area (Å²) < 4.78 is 6.15. The summed E-state index contributed by atoms with van der Waals surface area (Å²) in [6.45, 7) is 7.04. The van der Waals surface area contributed by atoms with Gasteiger partial charge >= 0.3 is 0 Å². The van der Waals surface area contributed by atoms with Gasteiger partial charge in [0.25, 0.3) is 5.91 Å². The second-order valence-electron chi connectivity index (χ2n) is 9.33. The Balaban J connectivity index is 1.40. The summed E-state index contributed by atoms with van der Waals surface area (Å²) in [6.07, 6.45) is 6.66. The molecule has 5 nitrogen and oxygen atoms in total. The van der Waals surface area contributed by atoms with Gasteiger partial charge < -0.3 is 15.4 Å². The SMILES string of the molecule is CC1CCCC(C)N1CCCCCN1C(=O)C(c2cccc(CN)c2)Oc2ccccc21. The predicted octanol–water partition coefficient (Wildman–Crippen LogP) is 5.05. The third-order valence-corrected chi connectivity index (χ3v) is 7.05. The first-order valence-corrected chi connectivity index (χ1v) is 12.2. The maximum absolute atomic E-state index is 13.4. The van der Waals surface area contributed by atoms with E-state index in [0.717, 1.165) is 48.5 Å². The van der Waals surface area contributed by atoms with Gasteiger partial charge in [-0.1, -0.05) is 49.2 Å². The van der Waals surface area contributed by atoms with Crippen LogP contribution in [0.3, 0.4) is 0 Å². The van der Waals surface area contributed by atoms with Crippen LogP contribution in [0.15, 0.2) is 48.5 Å². The Hall–Kier alpha value is -2.37. The second kappa shape index (κ2) is 10.5. The van der Waals surface area contributed by atoms with Gasteiger partial charge in [0.15, 0.2) is 0 Å². The Morgan fingerprint density at radius 2 is 1.72 bits per heavy atom. The molecular formula is C27H37N3O2. The van der Waals surface area contributed by atoms with E-state index < -0.39 is 6.10 Å². The van der Waals surface area contributed by atoms with Crippen molar-refractivity contribution in [1.82, 2.24) is 4.90 Å². The van der Waals surface area contributed by atoms with E-state index in [2.05, 4.69) is 18.7 Å². The first-order valence-electron chi connectivity index (χ1n) is 12.2. The van der Waals surface area contributed by atoms with Crippen LogP contribution in [0, 0.1) is 0 Å². The lowest BCUT2D eigenvalue weighted by Gasteiger charge is -2.39. The summed E-state index contributed by atoms with van der Waals surface area (Å²) in [5.41, 5.74) is 8.56. The van der Waals surface area contributed by atoms with Gasteiger partial charge in [0.1, 0.15) is 5.75 Å². The molecule has 3 unspecified atom stereocenters. The van der Waals surface area contributed by atoms with E-state index in [0.29, 0.717) is 18.6 Å². The van der Waals surface area contributed by atoms with Crippen LogP contribution >= 0.6 is 0 Å². The maximum atomic E-state index is 13.4. The van der Waals surface area contributed by atoms with Gasteiger partial charge in [-0.15, -0.1) is 0 Å². The molecule has 0 saturated carbocycles. The van der Waals surface area contributed by atoms with E-state index in [-0.39, 0.29) is 5.91 Å². The highest BCUT2D eigenvalue weighted by Crippen LogP contribution is 2.39. The van der Waals surface area contributed by atoms with Crippen molar-refractivity contribution in [2.75, 3.05) is 18.0 Å². The van der Waals surface area contributed by atoms with Gasteiger partial charge in [-0.25, -0.2) is 0 Å². The highest BCUT2D eigenvalue weighted by molar-refractivity contribution is 6.00. The Bertz CT molecular complexity index is 905. The zero-order chi connectivity index (χ0) is 22.5. The molecular weight excluding hydrogens is 398 g/mol. The van der Waals surface area contributed by atoms with Crippen LogP contribution in [0.2, 0.25) is 0 Å². The molecule has 5 heteroatoms. The standard InChI is InChI=1S/C27H37N3O2/c1-20-10-8-11-21(2)29(20)16-6-3-7-17-30-24-14-4-5-15-25(24)32-26(27(30)31)23-13-9-12-22(18-23)19-28/h4-5,9,12-15,18,20-21,26H,3,6-8,10-11,16-17,19,28H2,1-2H3. The van der Waals surface area contributed by atoms with Crippen molar-refractivity contribution in [3.63, 3.8) is 0 Å². The molecule has 2 N–H and O–H groups in total. The van der Waals surface area contributed by atoms with E-state index >= 15 is 0 Å². The summed E-state index contributed by atoms with van der Waals surface area (Å²) in [7, 11) is 0. The quantitative estimate of drug-likeness (QED) is 0.590. The number of ether oxygens (including phenoxy) is 1. The Kier molecular flexibility index (Phi) is 7.48. The molecule has 3 atom stereocenters. The molecule has 0 bridgehead atoms. The number of rotatable bonds is 8. The Labute approximate surface area is 192 Å². The van der Waals surface area contributed by atoms with Gasteiger partial charge in [-0.2, -0.15) is 0 Å².